The zero-order valence-corrected chi connectivity index (χ0v) is 11.5. The third-order valence-electron chi connectivity index (χ3n) is 2.92. The summed E-state index contributed by atoms with van der Waals surface area (Å²) in [7, 11) is 0. The molecular weight excluding hydrogens is 300 g/mol. The van der Waals surface area contributed by atoms with Crippen LogP contribution >= 0.6 is 15.9 Å². The van der Waals surface area contributed by atoms with Crippen LogP contribution in [0.4, 0.5) is 0 Å². The molecule has 2 atom stereocenters. The SMILES string of the molecule is OC(CCBr)C(O)c1cccc(C2OCCO2)c1. The largest absolute Gasteiger partial charge is 0.390 e. The molecule has 2 rings (SSSR count). The highest BCUT2D eigenvalue weighted by Crippen LogP contribution is 2.27. The molecule has 0 spiro atoms. The molecule has 4 nitrogen and oxygen atoms in total. The predicted molar refractivity (Wildman–Crippen MR) is 70.5 cm³/mol. The van der Waals surface area contributed by atoms with Gasteiger partial charge in [-0.1, -0.05) is 34.1 Å². The minimum absolute atomic E-state index is 0.356. The molecular formula is C13H17BrO4. The van der Waals surface area contributed by atoms with E-state index in [0.717, 1.165) is 5.56 Å². The van der Waals surface area contributed by atoms with Crippen molar-refractivity contribution in [2.24, 2.45) is 0 Å². The monoisotopic (exact) mass is 316 g/mol. The van der Waals surface area contributed by atoms with Gasteiger partial charge in [0.15, 0.2) is 6.29 Å². The van der Waals surface area contributed by atoms with E-state index in [2.05, 4.69) is 15.9 Å². The minimum atomic E-state index is -0.885. The van der Waals surface area contributed by atoms with E-state index in [9.17, 15) is 10.2 Å². The van der Waals surface area contributed by atoms with Crippen LogP contribution in [0.3, 0.4) is 0 Å². The number of ether oxygens (including phenoxy) is 2. The van der Waals surface area contributed by atoms with Crippen LogP contribution in [0.1, 0.15) is 29.9 Å². The first kappa shape index (κ1) is 14.0. The molecule has 5 heteroatoms. The zero-order valence-electron chi connectivity index (χ0n) is 9.96. The number of alkyl halides is 1. The highest BCUT2D eigenvalue weighted by Gasteiger charge is 2.22. The predicted octanol–water partition coefficient (Wildman–Crippen LogP) is 1.91. The molecule has 18 heavy (non-hydrogen) atoms. The normalized spacial score (nSPS) is 19.9. The van der Waals surface area contributed by atoms with Gasteiger partial charge in [-0.15, -0.1) is 0 Å². The lowest BCUT2D eigenvalue weighted by atomic mass is 10.0. The summed E-state index contributed by atoms with van der Waals surface area (Å²) in [6.45, 7) is 1.17. The summed E-state index contributed by atoms with van der Waals surface area (Å²) < 4.78 is 10.8. The third kappa shape index (κ3) is 3.30. The maximum atomic E-state index is 10.0. The molecule has 0 radical (unpaired) electrons. The molecule has 1 aromatic carbocycles. The first-order chi connectivity index (χ1) is 8.72. The van der Waals surface area contributed by atoms with Gasteiger partial charge in [-0.05, 0) is 18.1 Å². The first-order valence-electron chi connectivity index (χ1n) is 5.97. The van der Waals surface area contributed by atoms with Gasteiger partial charge in [-0.2, -0.15) is 0 Å². The van der Waals surface area contributed by atoms with Gasteiger partial charge < -0.3 is 19.7 Å². The van der Waals surface area contributed by atoms with Crippen LogP contribution in [0.5, 0.6) is 0 Å². The fraction of sp³-hybridized carbons (Fsp3) is 0.538. The lowest BCUT2D eigenvalue weighted by molar-refractivity contribution is -0.0444. The van der Waals surface area contributed by atoms with Crippen LogP contribution in [0.2, 0.25) is 0 Å². The lowest BCUT2D eigenvalue weighted by Crippen LogP contribution is -2.18. The van der Waals surface area contributed by atoms with Gasteiger partial charge in [-0.25, -0.2) is 0 Å². The van der Waals surface area contributed by atoms with Crippen LogP contribution in [0, 0.1) is 0 Å². The fourth-order valence-electron chi connectivity index (χ4n) is 1.93. The van der Waals surface area contributed by atoms with Crippen LogP contribution in [0.15, 0.2) is 24.3 Å². The molecule has 2 unspecified atom stereocenters. The van der Waals surface area contributed by atoms with E-state index < -0.39 is 12.2 Å². The van der Waals surface area contributed by atoms with Crippen molar-refractivity contribution in [3.63, 3.8) is 0 Å². The van der Waals surface area contributed by atoms with E-state index >= 15 is 0 Å². The smallest absolute Gasteiger partial charge is 0.184 e. The summed E-state index contributed by atoms with van der Waals surface area (Å²) in [6, 6.07) is 7.33. The molecule has 1 heterocycles. The Morgan fingerprint density at radius 3 is 2.67 bits per heavy atom. The Balaban J connectivity index is 2.10. The van der Waals surface area contributed by atoms with E-state index in [0.29, 0.717) is 30.5 Å². The number of benzene rings is 1. The fourth-order valence-corrected chi connectivity index (χ4v) is 2.40. The van der Waals surface area contributed by atoms with Gasteiger partial charge in [0, 0.05) is 10.9 Å². The number of halogens is 1. The molecule has 0 amide bonds. The van der Waals surface area contributed by atoms with Gasteiger partial charge in [0.2, 0.25) is 0 Å². The highest BCUT2D eigenvalue weighted by molar-refractivity contribution is 9.09. The van der Waals surface area contributed by atoms with E-state index in [1.165, 1.54) is 0 Å². The maximum Gasteiger partial charge on any atom is 0.184 e. The molecule has 1 aliphatic heterocycles. The van der Waals surface area contributed by atoms with Crippen molar-refractivity contribution in [2.75, 3.05) is 18.5 Å². The molecule has 0 aromatic heterocycles. The molecule has 1 fully saturated rings. The van der Waals surface area contributed by atoms with Gasteiger partial charge in [0.1, 0.15) is 6.10 Å². The summed E-state index contributed by atoms with van der Waals surface area (Å²) >= 11 is 3.25. The maximum absolute atomic E-state index is 10.0. The average molecular weight is 317 g/mol. The van der Waals surface area contributed by atoms with Crippen LogP contribution in [-0.4, -0.2) is 34.9 Å². The highest BCUT2D eigenvalue weighted by atomic mass is 79.9. The Kier molecular flexibility index (Phi) is 5.14. The summed E-state index contributed by atoms with van der Waals surface area (Å²) in [5.41, 5.74) is 1.55. The van der Waals surface area contributed by atoms with Crippen molar-refractivity contribution in [3.8, 4) is 0 Å². The number of hydrogen-bond acceptors (Lipinski definition) is 4. The minimum Gasteiger partial charge on any atom is -0.390 e. The number of aliphatic hydroxyl groups is 2. The topological polar surface area (TPSA) is 58.9 Å². The van der Waals surface area contributed by atoms with Crippen molar-refractivity contribution in [3.05, 3.63) is 35.4 Å². The molecule has 2 N–H and O–H groups in total. The van der Waals surface area contributed by atoms with E-state index in [1.54, 1.807) is 6.07 Å². The standard InChI is InChI=1S/C13H17BrO4/c14-5-4-11(15)12(16)9-2-1-3-10(8-9)13-17-6-7-18-13/h1-3,8,11-13,15-16H,4-7H2. The Morgan fingerprint density at radius 1 is 1.28 bits per heavy atom. The molecule has 0 bridgehead atoms. The number of aliphatic hydroxyl groups excluding tert-OH is 2. The zero-order chi connectivity index (χ0) is 13.0. The van der Waals surface area contributed by atoms with Crippen molar-refractivity contribution in [2.45, 2.75) is 24.9 Å². The summed E-state index contributed by atoms with van der Waals surface area (Å²) in [6.07, 6.45) is -1.51. The third-order valence-corrected chi connectivity index (χ3v) is 3.37. The van der Waals surface area contributed by atoms with Crippen molar-refractivity contribution < 1.29 is 19.7 Å². The van der Waals surface area contributed by atoms with Gasteiger partial charge in [0.25, 0.3) is 0 Å². The first-order valence-corrected chi connectivity index (χ1v) is 7.09. The van der Waals surface area contributed by atoms with Crippen LogP contribution in [0.25, 0.3) is 0 Å². The van der Waals surface area contributed by atoms with E-state index in [-0.39, 0.29) is 6.29 Å². The quantitative estimate of drug-likeness (QED) is 0.815. The Morgan fingerprint density at radius 2 is 2.00 bits per heavy atom. The second-order valence-corrected chi connectivity index (χ2v) is 5.03. The van der Waals surface area contributed by atoms with Gasteiger partial charge in [0.05, 0.1) is 19.3 Å². The molecule has 0 saturated carbocycles. The Hall–Kier alpha value is -0.460. The van der Waals surface area contributed by atoms with Crippen molar-refractivity contribution in [1.29, 1.82) is 0 Å². The van der Waals surface area contributed by atoms with Crippen molar-refractivity contribution >= 4 is 15.9 Å². The van der Waals surface area contributed by atoms with Crippen LogP contribution < -0.4 is 0 Å². The van der Waals surface area contributed by atoms with E-state index in [4.69, 9.17) is 9.47 Å². The molecule has 1 aliphatic rings. The average Bonchev–Trinajstić information content (AvgIpc) is 2.92. The summed E-state index contributed by atoms with van der Waals surface area (Å²) in [5, 5.41) is 20.5. The van der Waals surface area contributed by atoms with E-state index in [1.807, 2.05) is 18.2 Å². The summed E-state index contributed by atoms with van der Waals surface area (Å²) in [4.78, 5) is 0. The molecule has 1 aromatic rings. The Bertz CT molecular complexity index is 379. The molecule has 1 saturated heterocycles. The lowest BCUT2D eigenvalue weighted by Gasteiger charge is -2.18. The van der Waals surface area contributed by atoms with Gasteiger partial charge >= 0.3 is 0 Å². The van der Waals surface area contributed by atoms with Crippen LogP contribution in [-0.2, 0) is 9.47 Å². The number of rotatable bonds is 5. The Labute approximate surface area is 115 Å². The molecule has 0 aliphatic carbocycles. The second-order valence-electron chi connectivity index (χ2n) is 4.23. The number of hydrogen-bond donors (Lipinski definition) is 2. The van der Waals surface area contributed by atoms with Gasteiger partial charge in [-0.3, -0.25) is 0 Å². The molecule has 100 valence electrons. The van der Waals surface area contributed by atoms with Crippen molar-refractivity contribution in [1.82, 2.24) is 0 Å². The summed E-state index contributed by atoms with van der Waals surface area (Å²) in [5.74, 6) is 0. The second kappa shape index (κ2) is 6.63.